The molecule has 0 aromatic carbocycles. The first kappa shape index (κ1) is 45.4. The van der Waals surface area contributed by atoms with Crippen molar-refractivity contribution >= 4 is 5.97 Å². The number of carbonyl (C=O) groups is 1. The second-order valence-corrected chi connectivity index (χ2v) is 16.8. The number of nitrogens with two attached hydrogens (primary N) is 1. The first-order chi connectivity index (χ1) is 24.1. The molecule has 3 heterocycles. The Labute approximate surface area is 312 Å². The van der Waals surface area contributed by atoms with E-state index >= 15 is 0 Å². The third-order valence-corrected chi connectivity index (χ3v) is 11.9. The number of likely N-dealkylation sites (N-methyl/N-ethyl adjacent to an activating group) is 1. The molecule has 3 aliphatic rings. The lowest BCUT2D eigenvalue weighted by Crippen LogP contribution is -2.61. The summed E-state index contributed by atoms with van der Waals surface area (Å²) in [5, 5.41) is 34.5. The van der Waals surface area contributed by atoms with Crippen LogP contribution in [-0.2, 0) is 42.7 Å². The van der Waals surface area contributed by atoms with Crippen LogP contribution in [0.5, 0.6) is 0 Å². The Hall–Kier alpha value is -1.01. The summed E-state index contributed by atoms with van der Waals surface area (Å²) >= 11 is 0. The molecule has 3 saturated heterocycles. The maximum atomic E-state index is 14.3. The van der Waals surface area contributed by atoms with Gasteiger partial charge in [0, 0.05) is 45.2 Å². The molecule has 5 N–H and O–H groups in total. The van der Waals surface area contributed by atoms with E-state index in [9.17, 15) is 20.1 Å². The molecule has 52 heavy (non-hydrogen) atoms. The lowest BCUT2D eigenvalue weighted by Gasteiger charge is -2.50. The minimum absolute atomic E-state index is 0.125. The van der Waals surface area contributed by atoms with Gasteiger partial charge in [0.15, 0.2) is 12.6 Å². The average Bonchev–Trinajstić information content (AvgIpc) is 3.06. The predicted molar refractivity (Wildman–Crippen MR) is 194 cm³/mol. The maximum Gasteiger partial charge on any atom is 0.311 e. The molecule has 3 aliphatic heterocycles. The predicted octanol–water partition coefficient (Wildman–Crippen LogP) is 2.61. The molecule has 0 amide bonds. The molecule has 0 aromatic heterocycles. The van der Waals surface area contributed by atoms with Crippen LogP contribution in [0, 0.1) is 17.8 Å². The molecule has 0 radical (unpaired) electrons. The minimum Gasteiger partial charge on any atom is -0.459 e. The fraction of sp³-hybridized carbons (Fsp3) is 0.974. The quantitative estimate of drug-likeness (QED) is 0.253. The number of nitrogens with zero attached hydrogens (tertiary/aromatic N) is 1. The van der Waals surface area contributed by atoms with Gasteiger partial charge in [-0.2, -0.15) is 0 Å². The van der Waals surface area contributed by atoms with Crippen LogP contribution in [0.15, 0.2) is 0 Å². The molecular formula is C38H72N2O12. The van der Waals surface area contributed by atoms with E-state index in [1.165, 1.54) is 7.11 Å². The summed E-state index contributed by atoms with van der Waals surface area (Å²) < 4.78 is 50.8. The number of cyclic esters (lactones) is 1. The smallest absolute Gasteiger partial charge is 0.311 e. The van der Waals surface area contributed by atoms with Gasteiger partial charge < -0.3 is 63.8 Å². The molecule has 14 heteroatoms. The number of esters is 1. The summed E-state index contributed by atoms with van der Waals surface area (Å²) in [5.74, 6) is -2.26. The van der Waals surface area contributed by atoms with Crippen LogP contribution in [0.25, 0.3) is 0 Å². The van der Waals surface area contributed by atoms with Crippen molar-refractivity contribution in [2.75, 3.05) is 34.9 Å². The van der Waals surface area contributed by atoms with Crippen LogP contribution in [-0.4, -0.2) is 151 Å². The van der Waals surface area contributed by atoms with Gasteiger partial charge in [-0.1, -0.05) is 20.8 Å². The Kier molecular flexibility index (Phi) is 16.0. The lowest BCUT2D eigenvalue weighted by molar-refractivity contribution is -0.319. The largest absolute Gasteiger partial charge is 0.459 e. The molecule has 0 aliphatic carbocycles. The van der Waals surface area contributed by atoms with Gasteiger partial charge in [-0.3, -0.25) is 4.79 Å². The van der Waals surface area contributed by atoms with Crippen molar-refractivity contribution in [2.45, 2.75) is 185 Å². The average molecular weight is 749 g/mol. The molecule has 0 saturated carbocycles. The molecule has 3 rings (SSSR count). The molecule has 18 atom stereocenters. The first-order valence-corrected chi connectivity index (χ1v) is 19.1. The third-order valence-electron chi connectivity index (χ3n) is 11.9. The Morgan fingerprint density at radius 3 is 2.13 bits per heavy atom. The monoisotopic (exact) mass is 749 g/mol. The van der Waals surface area contributed by atoms with Gasteiger partial charge in [-0.15, -0.1) is 0 Å². The molecule has 14 nitrogen and oxygen atoms in total. The zero-order valence-electron chi connectivity index (χ0n) is 34.2. The first-order valence-electron chi connectivity index (χ1n) is 19.1. The highest BCUT2D eigenvalue weighted by molar-refractivity contribution is 5.73. The molecule has 306 valence electrons. The number of aliphatic hydroxyl groups is 3. The Bertz CT molecular complexity index is 1130. The van der Waals surface area contributed by atoms with Crippen molar-refractivity contribution < 1.29 is 58.0 Å². The molecule has 0 aromatic rings. The molecule has 0 bridgehead atoms. The summed E-state index contributed by atoms with van der Waals surface area (Å²) in [6.07, 6.45) is -6.66. The van der Waals surface area contributed by atoms with Gasteiger partial charge in [0.05, 0.1) is 41.5 Å². The number of hydrogen-bond acceptors (Lipinski definition) is 14. The summed E-state index contributed by atoms with van der Waals surface area (Å²) in [6.45, 7) is 18.5. The zero-order chi connectivity index (χ0) is 39.5. The fourth-order valence-electron chi connectivity index (χ4n) is 8.63. The van der Waals surface area contributed by atoms with Gasteiger partial charge >= 0.3 is 5.97 Å². The Morgan fingerprint density at radius 1 is 0.981 bits per heavy atom. The number of carbonyl (C=O) groups excluding carboxylic acids is 1. The molecule has 0 spiro atoms. The van der Waals surface area contributed by atoms with Crippen molar-refractivity contribution in [3.05, 3.63) is 0 Å². The van der Waals surface area contributed by atoms with Crippen LogP contribution in [0.1, 0.15) is 94.9 Å². The van der Waals surface area contributed by atoms with Crippen LogP contribution >= 0.6 is 0 Å². The number of rotatable bonds is 9. The number of hydrogen-bond donors (Lipinski definition) is 4. The van der Waals surface area contributed by atoms with Gasteiger partial charge in [0.2, 0.25) is 0 Å². The summed E-state index contributed by atoms with van der Waals surface area (Å²) in [6, 6.07) is -0.817. The van der Waals surface area contributed by atoms with E-state index in [4.69, 9.17) is 43.6 Å². The van der Waals surface area contributed by atoms with Gasteiger partial charge in [0.25, 0.3) is 0 Å². The topological polar surface area (TPSA) is 181 Å². The van der Waals surface area contributed by atoms with E-state index in [-0.39, 0.29) is 31.1 Å². The van der Waals surface area contributed by atoms with E-state index in [1.807, 2.05) is 53.6 Å². The standard InChI is InChI=1S/C38H72N2O12/c1-15-27-38(10,44)33(24(6)39)47-19-20(2)17-37(9,46-14)32(52-35-29(41)26(40(11)12)16-21(3)48-35)22(4)30(23(5)34(43)50-27)51-28-18-36(8,45-13)31(42)25(7)49-28/h20-33,35,41-42,44H,15-19,39H2,1-14H3/t20-,21-,22+,23-,24-,25+,26?,27-,28?,29?,30?,31?,32?,33?,35?,36-,37-,38-/m1/s1. The maximum absolute atomic E-state index is 14.3. The van der Waals surface area contributed by atoms with E-state index in [0.717, 1.165) is 0 Å². The Morgan fingerprint density at radius 2 is 1.60 bits per heavy atom. The summed E-state index contributed by atoms with van der Waals surface area (Å²) in [4.78, 5) is 16.2. The zero-order valence-corrected chi connectivity index (χ0v) is 34.2. The molecule has 3 fully saturated rings. The number of methoxy groups -OCH3 is 2. The summed E-state index contributed by atoms with van der Waals surface area (Å²) in [7, 11) is 6.97. The summed E-state index contributed by atoms with van der Waals surface area (Å²) in [5.41, 5.74) is 2.75. The Balaban J connectivity index is 2.19. The van der Waals surface area contributed by atoms with E-state index in [2.05, 4.69) is 0 Å². The van der Waals surface area contributed by atoms with Gasteiger partial charge in [0.1, 0.15) is 30.0 Å². The van der Waals surface area contributed by atoms with Crippen molar-refractivity contribution in [3.63, 3.8) is 0 Å². The van der Waals surface area contributed by atoms with Gasteiger partial charge in [-0.25, -0.2) is 0 Å². The second kappa shape index (κ2) is 18.3. The highest BCUT2D eigenvalue weighted by Gasteiger charge is 2.53. The van der Waals surface area contributed by atoms with E-state index in [0.29, 0.717) is 19.3 Å². The normalized spacial score (nSPS) is 48.2. The number of ether oxygens (including phenoxy) is 8. The van der Waals surface area contributed by atoms with E-state index < -0.39 is 96.0 Å². The highest BCUT2D eigenvalue weighted by atomic mass is 16.7. The number of aliphatic hydroxyl groups excluding tert-OH is 2. The van der Waals surface area contributed by atoms with Crippen LogP contribution in [0.4, 0.5) is 0 Å². The van der Waals surface area contributed by atoms with E-state index in [1.54, 1.807) is 41.7 Å². The van der Waals surface area contributed by atoms with Gasteiger partial charge in [-0.05, 0) is 87.7 Å². The lowest BCUT2D eigenvalue weighted by atomic mass is 9.77. The van der Waals surface area contributed by atoms with Crippen LogP contribution in [0.2, 0.25) is 0 Å². The van der Waals surface area contributed by atoms with Crippen molar-refractivity contribution in [1.29, 1.82) is 0 Å². The second-order valence-electron chi connectivity index (χ2n) is 16.8. The van der Waals surface area contributed by atoms with Crippen molar-refractivity contribution in [3.8, 4) is 0 Å². The van der Waals surface area contributed by atoms with Crippen molar-refractivity contribution in [2.24, 2.45) is 23.5 Å². The SMILES string of the molecule is CC[C@H]1OC(=O)[C@H](C)C(OC2C[C@@](C)(OC)C(O)[C@H](C)O2)[C@H](C)C(OC2O[C@H](C)CC(N(C)C)C2O)[C@](C)(OC)C[C@@H](C)COC([C@@H](C)N)[C@]1(C)O. The van der Waals surface area contributed by atoms with Crippen LogP contribution in [0.3, 0.4) is 0 Å². The fourth-order valence-corrected chi connectivity index (χ4v) is 8.63. The third kappa shape index (κ3) is 10.0. The van der Waals surface area contributed by atoms with Crippen LogP contribution < -0.4 is 5.73 Å². The minimum atomic E-state index is -1.62. The highest BCUT2D eigenvalue weighted by Crippen LogP contribution is 2.41. The molecular weight excluding hydrogens is 676 g/mol. The van der Waals surface area contributed by atoms with Crippen molar-refractivity contribution in [1.82, 2.24) is 4.90 Å². The molecule has 8 unspecified atom stereocenters.